The monoisotopic (exact) mass is 314 g/mol. The molecule has 0 fully saturated rings. The third-order valence-electron chi connectivity index (χ3n) is 3.24. The fraction of sp³-hybridized carbons (Fsp3) is 0.125. The van der Waals surface area contributed by atoms with Crippen molar-refractivity contribution in [2.45, 2.75) is 6.92 Å². The SMILES string of the molecule is CCNC(=O)Nc1nc2ccc(-c3ccccc3Cl)cc2[nH]1. The summed E-state index contributed by atoms with van der Waals surface area (Å²) < 4.78 is 0. The second-order valence-corrected chi connectivity index (χ2v) is 5.19. The number of nitrogens with zero attached hydrogens (tertiary/aromatic N) is 1. The molecule has 0 radical (unpaired) electrons. The lowest BCUT2D eigenvalue weighted by Crippen LogP contribution is -2.28. The standard InChI is InChI=1S/C16H15ClN4O/c1-2-18-16(22)21-15-19-13-8-7-10(9-14(13)20-15)11-5-3-4-6-12(11)17/h3-9H,2H2,1H3,(H3,18,19,20,21,22). The van der Waals surface area contributed by atoms with Gasteiger partial charge in [0.05, 0.1) is 11.0 Å². The second-order valence-electron chi connectivity index (χ2n) is 4.78. The van der Waals surface area contributed by atoms with E-state index in [0.717, 1.165) is 22.2 Å². The molecule has 22 heavy (non-hydrogen) atoms. The zero-order chi connectivity index (χ0) is 15.5. The lowest BCUT2D eigenvalue weighted by atomic mass is 10.1. The molecular weight excluding hydrogens is 300 g/mol. The Labute approximate surface area is 132 Å². The van der Waals surface area contributed by atoms with Gasteiger partial charge in [-0.05, 0) is 30.7 Å². The first-order valence-electron chi connectivity index (χ1n) is 6.97. The average Bonchev–Trinajstić information content (AvgIpc) is 2.89. The summed E-state index contributed by atoms with van der Waals surface area (Å²) in [5.74, 6) is 0.414. The van der Waals surface area contributed by atoms with Gasteiger partial charge >= 0.3 is 6.03 Å². The van der Waals surface area contributed by atoms with Crippen LogP contribution in [0.25, 0.3) is 22.2 Å². The van der Waals surface area contributed by atoms with Crippen molar-refractivity contribution in [1.82, 2.24) is 15.3 Å². The number of nitrogens with one attached hydrogen (secondary N) is 3. The summed E-state index contributed by atoms with van der Waals surface area (Å²) in [4.78, 5) is 18.9. The van der Waals surface area contributed by atoms with Crippen LogP contribution in [0.4, 0.5) is 10.7 Å². The Bertz CT molecular complexity index is 828. The van der Waals surface area contributed by atoms with Gasteiger partial charge in [-0.15, -0.1) is 0 Å². The molecule has 2 aromatic carbocycles. The first-order chi connectivity index (χ1) is 10.7. The summed E-state index contributed by atoms with van der Waals surface area (Å²) in [6.07, 6.45) is 0. The number of hydrogen-bond acceptors (Lipinski definition) is 2. The quantitative estimate of drug-likeness (QED) is 0.683. The third kappa shape index (κ3) is 2.89. The second kappa shape index (κ2) is 6.07. The lowest BCUT2D eigenvalue weighted by molar-refractivity contribution is 0.252. The Morgan fingerprint density at radius 3 is 2.86 bits per heavy atom. The third-order valence-corrected chi connectivity index (χ3v) is 3.57. The van der Waals surface area contributed by atoms with Crippen molar-refractivity contribution in [2.75, 3.05) is 11.9 Å². The molecule has 0 unspecified atom stereocenters. The van der Waals surface area contributed by atoms with Gasteiger partial charge in [-0.1, -0.05) is 35.9 Å². The van der Waals surface area contributed by atoms with Crippen LogP contribution in [0.15, 0.2) is 42.5 Å². The van der Waals surface area contributed by atoms with Crippen molar-refractivity contribution < 1.29 is 4.79 Å². The van der Waals surface area contributed by atoms with E-state index in [4.69, 9.17) is 11.6 Å². The molecule has 3 rings (SSSR count). The summed E-state index contributed by atoms with van der Waals surface area (Å²) in [6.45, 7) is 2.41. The van der Waals surface area contributed by atoms with Crippen LogP contribution in [-0.4, -0.2) is 22.5 Å². The number of benzene rings is 2. The van der Waals surface area contributed by atoms with Gasteiger partial charge in [0.2, 0.25) is 5.95 Å². The van der Waals surface area contributed by atoms with Crippen molar-refractivity contribution in [3.05, 3.63) is 47.5 Å². The number of aromatic nitrogens is 2. The van der Waals surface area contributed by atoms with Crippen molar-refractivity contribution in [2.24, 2.45) is 0 Å². The minimum absolute atomic E-state index is 0.284. The van der Waals surface area contributed by atoms with E-state index >= 15 is 0 Å². The van der Waals surface area contributed by atoms with Crippen LogP contribution in [-0.2, 0) is 0 Å². The van der Waals surface area contributed by atoms with Crippen LogP contribution < -0.4 is 10.6 Å². The number of imidazole rings is 1. The Morgan fingerprint density at radius 2 is 2.09 bits per heavy atom. The van der Waals surface area contributed by atoms with Gasteiger partial charge in [-0.3, -0.25) is 5.32 Å². The molecule has 0 saturated carbocycles. The first-order valence-corrected chi connectivity index (χ1v) is 7.34. The molecule has 0 saturated heterocycles. The number of H-pyrrole nitrogens is 1. The minimum Gasteiger partial charge on any atom is -0.338 e. The maximum atomic E-state index is 11.5. The highest BCUT2D eigenvalue weighted by Gasteiger charge is 2.08. The summed E-state index contributed by atoms with van der Waals surface area (Å²) >= 11 is 6.23. The molecule has 6 heteroatoms. The largest absolute Gasteiger partial charge is 0.338 e. The average molecular weight is 315 g/mol. The van der Waals surface area contributed by atoms with Gasteiger partial charge in [-0.2, -0.15) is 0 Å². The molecule has 5 nitrogen and oxygen atoms in total. The van der Waals surface area contributed by atoms with Crippen LogP contribution in [0.2, 0.25) is 5.02 Å². The highest BCUT2D eigenvalue weighted by molar-refractivity contribution is 6.33. The van der Waals surface area contributed by atoms with Crippen LogP contribution in [0.3, 0.4) is 0 Å². The number of aromatic amines is 1. The summed E-state index contributed by atoms with van der Waals surface area (Å²) in [5, 5.41) is 6.01. The number of fused-ring (bicyclic) bond motifs is 1. The highest BCUT2D eigenvalue weighted by Crippen LogP contribution is 2.29. The molecule has 3 N–H and O–H groups in total. The Morgan fingerprint density at radius 1 is 1.27 bits per heavy atom. The Balaban J connectivity index is 1.94. The number of carbonyl (C=O) groups excluding carboxylic acids is 1. The summed E-state index contributed by atoms with van der Waals surface area (Å²) in [5.41, 5.74) is 3.57. The van der Waals surface area contributed by atoms with Crippen LogP contribution in [0.5, 0.6) is 0 Å². The molecule has 1 aromatic heterocycles. The highest BCUT2D eigenvalue weighted by atomic mass is 35.5. The zero-order valence-electron chi connectivity index (χ0n) is 12.0. The summed E-state index contributed by atoms with van der Waals surface area (Å²) in [6, 6.07) is 13.2. The van der Waals surface area contributed by atoms with Crippen LogP contribution in [0, 0.1) is 0 Å². The number of rotatable bonds is 3. The smallest absolute Gasteiger partial charge is 0.321 e. The molecule has 0 aliphatic carbocycles. The van der Waals surface area contributed by atoms with Gasteiger partial charge in [0.25, 0.3) is 0 Å². The minimum atomic E-state index is -0.284. The number of hydrogen-bond donors (Lipinski definition) is 3. The number of urea groups is 1. The molecule has 0 aliphatic rings. The van der Waals surface area contributed by atoms with Gasteiger partial charge < -0.3 is 10.3 Å². The molecule has 0 spiro atoms. The van der Waals surface area contributed by atoms with Crippen molar-refractivity contribution in [3.63, 3.8) is 0 Å². The topological polar surface area (TPSA) is 69.8 Å². The fourth-order valence-corrected chi connectivity index (χ4v) is 2.49. The molecule has 0 bridgehead atoms. The van der Waals surface area contributed by atoms with Gasteiger partial charge in [0, 0.05) is 17.1 Å². The molecule has 112 valence electrons. The van der Waals surface area contributed by atoms with Crippen LogP contribution >= 0.6 is 11.6 Å². The van der Waals surface area contributed by atoms with E-state index in [9.17, 15) is 4.79 Å². The molecule has 0 atom stereocenters. The number of carbonyl (C=O) groups is 1. The molecule has 1 heterocycles. The number of halogens is 1. The van der Waals surface area contributed by atoms with E-state index in [1.54, 1.807) is 0 Å². The lowest BCUT2D eigenvalue weighted by Gasteiger charge is -2.03. The van der Waals surface area contributed by atoms with Gasteiger partial charge in [0.15, 0.2) is 0 Å². The normalized spacial score (nSPS) is 10.6. The fourth-order valence-electron chi connectivity index (χ4n) is 2.24. The van der Waals surface area contributed by atoms with Gasteiger partial charge in [-0.25, -0.2) is 9.78 Å². The van der Waals surface area contributed by atoms with E-state index in [2.05, 4.69) is 20.6 Å². The van der Waals surface area contributed by atoms with Crippen molar-refractivity contribution in [3.8, 4) is 11.1 Å². The Kier molecular flexibility index (Phi) is 3.98. The van der Waals surface area contributed by atoms with E-state index in [1.807, 2.05) is 49.4 Å². The molecular formula is C16H15ClN4O. The van der Waals surface area contributed by atoms with Crippen molar-refractivity contribution in [1.29, 1.82) is 0 Å². The van der Waals surface area contributed by atoms with E-state index in [0.29, 0.717) is 17.5 Å². The van der Waals surface area contributed by atoms with Crippen molar-refractivity contribution >= 4 is 34.6 Å². The van der Waals surface area contributed by atoms with E-state index < -0.39 is 0 Å². The first kappa shape index (κ1) is 14.4. The predicted octanol–water partition coefficient (Wildman–Crippen LogP) is 4.02. The van der Waals surface area contributed by atoms with Crippen LogP contribution in [0.1, 0.15) is 6.92 Å². The molecule has 3 aromatic rings. The zero-order valence-corrected chi connectivity index (χ0v) is 12.7. The molecule has 2 amide bonds. The maximum Gasteiger partial charge on any atom is 0.321 e. The van der Waals surface area contributed by atoms with E-state index in [1.165, 1.54) is 0 Å². The number of anilines is 1. The predicted molar refractivity (Wildman–Crippen MR) is 89.2 cm³/mol. The number of amides is 2. The maximum absolute atomic E-state index is 11.5. The van der Waals surface area contributed by atoms with E-state index in [-0.39, 0.29) is 6.03 Å². The van der Waals surface area contributed by atoms with Gasteiger partial charge in [0.1, 0.15) is 0 Å². The molecule has 0 aliphatic heterocycles. The Hall–Kier alpha value is -2.53. The summed E-state index contributed by atoms with van der Waals surface area (Å²) in [7, 11) is 0.